The van der Waals surface area contributed by atoms with Crippen LogP contribution in [0.4, 0.5) is 5.69 Å². The molecule has 0 bridgehead atoms. The topological polar surface area (TPSA) is 84.6 Å². The Kier molecular flexibility index (Phi) is 3.28. The van der Waals surface area contributed by atoms with Gasteiger partial charge in [0.15, 0.2) is 0 Å². The molecule has 1 aliphatic heterocycles. The fourth-order valence-electron chi connectivity index (χ4n) is 1.98. The lowest BCUT2D eigenvalue weighted by Gasteiger charge is -2.21. The second-order valence-corrected chi connectivity index (χ2v) is 4.82. The molecule has 1 fully saturated rings. The Balaban J connectivity index is 2.19. The van der Waals surface area contributed by atoms with Gasteiger partial charge in [0.2, 0.25) is 5.91 Å². The van der Waals surface area contributed by atoms with Crippen molar-refractivity contribution in [3.05, 3.63) is 23.3 Å². The first-order valence-corrected chi connectivity index (χ1v) is 5.91. The van der Waals surface area contributed by atoms with E-state index in [1.165, 1.54) is 0 Å². The highest BCUT2D eigenvalue weighted by Crippen LogP contribution is 2.29. The van der Waals surface area contributed by atoms with Gasteiger partial charge in [-0.15, -0.1) is 0 Å². The maximum absolute atomic E-state index is 12.1. The summed E-state index contributed by atoms with van der Waals surface area (Å²) in [6.07, 6.45) is 0.510. The highest BCUT2D eigenvalue weighted by Gasteiger charge is 2.38. The number of ether oxygens (including phenoxy) is 1. The van der Waals surface area contributed by atoms with Crippen molar-refractivity contribution in [1.82, 2.24) is 0 Å². The second kappa shape index (κ2) is 4.59. The minimum Gasteiger partial charge on any atom is -0.507 e. The number of carbonyl (C=O) groups is 1. The van der Waals surface area contributed by atoms with E-state index in [-0.39, 0.29) is 18.3 Å². The molecule has 4 N–H and O–H groups in total. The molecule has 5 heteroatoms. The summed E-state index contributed by atoms with van der Waals surface area (Å²) in [6.45, 7) is 4.30. The van der Waals surface area contributed by atoms with Crippen molar-refractivity contribution in [2.24, 2.45) is 5.73 Å². The Morgan fingerprint density at radius 2 is 2.22 bits per heavy atom. The number of hydrogen-bond acceptors (Lipinski definition) is 4. The fourth-order valence-corrected chi connectivity index (χ4v) is 1.98. The van der Waals surface area contributed by atoms with Gasteiger partial charge in [0.1, 0.15) is 11.3 Å². The van der Waals surface area contributed by atoms with Crippen molar-refractivity contribution < 1.29 is 14.6 Å². The van der Waals surface area contributed by atoms with Gasteiger partial charge < -0.3 is 20.9 Å². The molecule has 0 spiro atoms. The molecule has 2 rings (SSSR count). The van der Waals surface area contributed by atoms with Gasteiger partial charge in [-0.25, -0.2) is 0 Å². The molecule has 5 nitrogen and oxygen atoms in total. The number of rotatable bonds is 2. The van der Waals surface area contributed by atoms with Crippen LogP contribution in [0.3, 0.4) is 0 Å². The molecule has 0 aromatic heterocycles. The van der Waals surface area contributed by atoms with Crippen molar-refractivity contribution in [1.29, 1.82) is 0 Å². The molecule has 1 saturated heterocycles. The zero-order valence-corrected chi connectivity index (χ0v) is 10.6. The van der Waals surface area contributed by atoms with Gasteiger partial charge in [0.25, 0.3) is 0 Å². The van der Waals surface area contributed by atoms with Crippen molar-refractivity contribution >= 4 is 11.6 Å². The standard InChI is InChI=1S/C13H18N2O3/c1-8-3-4-10(9(2)11(8)16)15-12(17)13(14)5-6-18-7-13/h3-4,16H,5-7,14H2,1-2H3,(H,15,17). The van der Waals surface area contributed by atoms with Crippen LogP contribution in [0.15, 0.2) is 12.1 Å². The van der Waals surface area contributed by atoms with E-state index in [1.807, 2.05) is 6.92 Å². The first-order chi connectivity index (χ1) is 8.44. The average molecular weight is 250 g/mol. The number of aromatic hydroxyl groups is 1. The molecular weight excluding hydrogens is 232 g/mol. The summed E-state index contributed by atoms with van der Waals surface area (Å²) >= 11 is 0. The Labute approximate surface area is 106 Å². The predicted molar refractivity (Wildman–Crippen MR) is 68.6 cm³/mol. The molecule has 18 heavy (non-hydrogen) atoms. The Morgan fingerprint density at radius 3 is 2.83 bits per heavy atom. The number of anilines is 1. The van der Waals surface area contributed by atoms with E-state index in [2.05, 4.69) is 5.32 Å². The third-order valence-corrected chi connectivity index (χ3v) is 3.39. The van der Waals surface area contributed by atoms with Crippen LogP contribution in [0.2, 0.25) is 0 Å². The molecule has 1 atom stereocenters. The monoisotopic (exact) mass is 250 g/mol. The zero-order chi connectivity index (χ0) is 13.3. The lowest BCUT2D eigenvalue weighted by Crippen LogP contribution is -2.51. The number of aryl methyl sites for hydroxylation is 1. The quantitative estimate of drug-likeness (QED) is 0.733. The average Bonchev–Trinajstić information content (AvgIpc) is 2.78. The number of phenols is 1. The van der Waals surface area contributed by atoms with Crippen LogP contribution in [-0.2, 0) is 9.53 Å². The summed E-state index contributed by atoms with van der Waals surface area (Å²) in [5.74, 6) is -0.0760. The van der Waals surface area contributed by atoms with Crippen LogP contribution >= 0.6 is 0 Å². The van der Waals surface area contributed by atoms with Crippen LogP contribution in [0, 0.1) is 13.8 Å². The molecule has 1 heterocycles. The fraction of sp³-hybridized carbons (Fsp3) is 0.462. The van der Waals surface area contributed by atoms with E-state index in [4.69, 9.17) is 10.5 Å². The highest BCUT2D eigenvalue weighted by atomic mass is 16.5. The summed E-state index contributed by atoms with van der Waals surface area (Å²) < 4.78 is 5.16. The third-order valence-electron chi connectivity index (χ3n) is 3.39. The number of amides is 1. The summed E-state index contributed by atoms with van der Waals surface area (Å²) in [6, 6.07) is 3.52. The normalized spacial score (nSPS) is 23.1. The van der Waals surface area contributed by atoms with Crippen molar-refractivity contribution in [3.8, 4) is 5.75 Å². The molecule has 1 aliphatic rings. The van der Waals surface area contributed by atoms with Gasteiger partial charge in [-0.05, 0) is 31.9 Å². The SMILES string of the molecule is Cc1ccc(NC(=O)C2(N)CCOC2)c(C)c1O. The lowest BCUT2D eigenvalue weighted by atomic mass is 9.98. The molecule has 1 amide bonds. The molecule has 1 aromatic carbocycles. The number of carbonyl (C=O) groups excluding carboxylic acids is 1. The van der Waals surface area contributed by atoms with Crippen LogP contribution in [0.25, 0.3) is 0 Å². The van der Waals surface area contributed by atoms with Gasteiger partial charge in [0.05, 0.1) is 6.61 Å². The number of nitrogens with one attached hydrogen (secondary N) is 1. The van der Waals surface area contributed by atoms with Gasteiger partial charge in [-0.2, -0.15) is 0 Å². The van der Waals surface area contributed by atoms with Gasteiger partial charge in [-0.3, -0.25) is 4.79 Å². The number of hydrogen-bond donors (Lipinski definition) is 3. The molecule has 1 unspecified atom stereocenters. The van der Waals surface area contributed by atoms with Crippen molar-refractivity contribution in [3.63, 3.8) is 0 Å². The minimum absolute atomic E-state index is 0.196. The van der Waals surface area contributed by atoms with Gasteiger partial charge in [-0.1, -0.05) is 6.07 Å². The maximum Gasteiger partial charge on any atom is 0.246 e. The van der Waals surface area contributed by atoms with Crippen molar-refractivity contribution in [2.75, 3.05) is 18.5 Å². The van der Waals surface area contributed by atoms with Crippen LogP contribution in [0.1, 0.15) is 17.5 Å². The van der Waals surface area contributed by atoms with Crippen LogP contribution in [-0.4, -0.2) is 29.8 Å². The first kappa shape index (κ1) is 12.9. The summed E-state index contributed by atoms with van der Waals surface area (Å²) in [7, 11) is 0. The second-order valence-electron chi connectivity index (χ2n) is 4.82. The summed E-state index contributed by atoms with van der Waals surface area (Å²) in [5, 5.41) is 12.6. The molecular formula is C13H18N2O3. The molecule has 1 aromatic rings. The van der Waals surface area contributed by atoms with E-state index in [0.717, 1.165) is 5.56 Å². The zero-order valence-electron chi connectivity index (χ0n) is 10.6. The summed E-state index contributed by atoms with van der Waals surface area (Å²) in [5.41, 5.74) is 7.01. The predicted octanol–water partition coefficient (Wildman–Crippen LogP) is 1.07. The van der Waals surface area contributed by atoms with E-state index in [1.54, 1.807) is 19.1 Å². The minimum atomic E-state index is -0.965. The van der Waals surface area contributed by atoms with Crippen LogP contribution in [0.5, 0.6) is 5.75 Å². The maximum atomic E-state index is 12.1. The van der Waals surface area contributed by atoms with Gasteiger partial charge >= 0.3 is 0 Å². The number of benzene rings is 1. The van der Waals surface area contributed by atoms with Crippen molar-refractivity contribution in [2.45, 2.75) is 25.8 Å². The van der Waals surface area contributed by atoms with E-state index >= 15 is 0 Å². The van der Waals surface area contributed by atoms with Gasteiger partial charge in [0, 0.05) is 17.9 Å². The molecule has 0 aliphatic carbocycles. The van der Waals surface area contributed by atoms with E-state index < -0.39 is 5.54 Å². The first-order valence-electron chi connectivity index (χ1n) is 5.91. The third kappa shape index (κ3) is 2.19. The number of phenolic OH excluding ortho intramolecular Hbond substituents is 1. The smallest absolute Gasteiger partial charge is 0.246 e. The Morgan fingerprint density at radius 1 is 1.50 bits per heavy atom. The highest BCUT2D eigenvalue weighted by molar-refractivity contribution is 5.99. The summed E-state index contributed by atoms with van der Waals surface area (Å²) in [4.78, 5) is 12.1. The largest absolute Gasteiger partial charge is 0.507 e. The van der Waals surface area contributed by atoms with Crippen LogP contribution < -0.4 is 11.1 Å². The molecule has 98 valence electrons. The number of nitrogens with two attached hydrogens (primary N) is 1. The molecule has 0 radical (unpaired) electrons. The Hall–Kier alpha value is -1.59. The van der Waals surface area contributed by atoms with E-state index in [9.17, 15) is 9.90 Å². The Bertz CT molecular complexity index is 479. The lowest BCUT2D eigenvalue weighted by molar-refractivity contribution is -0.121. The molecule has 0 saturated carbocycles. The van der Waals surface area contributed by atoms with E-state index in [0.29, 0.717) is 24.3 Å².